The molecule has 2 unspecified atom stereocenters. The van der Waals surface area contributed by atoms with Crippen molar-refractivity contribution < 1.29 is 19.4 Å². The molecule has 1 aromatic rings. The fourth-order valence-corrected chi connectivity index (χ4v) is 2.38. The topological polar surface area (TPSA) is 75.6 Å². The number of hydrogen-bond donors (Lipinski definition) is 2. The van der Waals surface area contributed by atoms with E-state index in [1.54, 1.807) is 0 Å². The Morgan fingerprint density at radius 3 is 2.36 bits per heavy atom. The Morgan fingerprint density at radius 1 is 1.23 bits per heavy atom. The molecule has 0 spiro atoms. The summed E-state index contributed by atoms with van der Waals surface area (Å²) in [6.07, 6.45) is 0.535. The number of nitrogens with one attached hydrogen (secondary N) is 1. The van der Waals surface area contributed by atoms with Crippen LogP contribution >= 0.6 is 0 Å². The Balaban J connectivity index is 2.69. The molecule has 122 valence electrons. The highest BCUT2D eigenvalue weighted by molar-refractivity contribution is 5.84. The van der Waals surface area contributed by atoms with Gasteiger partial charge in [0, 0.05) is 26.6 Å². The van der Waals surface area contributed by atoms with E-state index < -0.39 is 12.0 Å². The molecule has 0 aliphatic rings. The van der Waals surface area contributed by atoms with Crippen LogP contribution in [0.2, 0.25) is 0 Å². The van der Waals surface area contributed by atoms with Crippen LogP contribution in [0.4, 0.5) is 0 Å². The van der Waals surface area contributed by atoms with E-state index in [1.807, 2.05) is 30.3 Å². The maximum absolute atomic E-state index is 12.2. The van der Waals surface area contributed by atoms with Crippen molar-refractivity contribution in [3.8, 4) is 0 Å². The molecule has 0 radical (unpaired) electrons. The van der Waals surface area contributed by atoms with Crippen LogP contribution in [-0.4, -0.2) is 36.7 Å². The average Bonchev–Trinajstić information content (AvgIpc) is 2.49. The van der Waals surface area contributed by atoms with E-state index in [-0.39, 0.29) is 30.6 Å². The van der Waals surface area contributed by atoms with Gasteiger partial charge in [0.25, 0.3) is 0 Å². The number of carboxylic acid groups (broad SMARTS) is 1. The molecule has 0 aliphatic heterocycles. The average molecular weight is 307 g/mol. The van der Waals surface area contributed by atoms with Crippen LogP contribution in [0.25, 0.3) is 0 Å². The van der Waals surface area contributed by atoms with Crippen molar-refractivity contribution in [2.24, 2.45) is 5.92 Å². The number of amides is 1. The van der Waals surface area contributed by atoms with Gasteiger partial charge >= 0.3 is 5.97 Å². The zero-order valence-electron chi connectivity index (χ0n) is 13.4. The predicted molar refractivity (Wildman–Crippen MR) is 84.7 cm³/mol. The lowest BCUT2D eigenvalue weighted by Gasteiger charge is -2.22. The van der Waals surface area contributed by atoms with E-state index in [0.29, 0.717) is 6.61 Å². The van der Waals surface area contributed by atoms with E-state index in [1.165, 1.54) is 7.11 Å². The van der Waals surface area contributed by atoms with E-state index in [2.05, 4.69) is 19.2 Å². The van der Waals surface area contributed by atoms with Gasteiger partial charge in [-0.15, -0.1) is 0 Å². The summed E-state index contributed by atoms with van der Waals surface area (Å²) in [5.74, 6) is -0.925. The molecule has 1 rings (SSSR count). The molecular formula is C17H25NO4. The first-order valence-corrected chi connectivity index (χ1v) is 7.51. The molecule has 0 fully saturated rings. The second-order valence-electron chi connectivity index (χ2n) is 5.71. The number of carbonyl (C=O) groups excluding carboxylic acids is 1. The minimum Gasteiger partial charge on any atom is -0.480 e. The van der Waals surface area contributed by atoms with Crippen molar-refractivity contribution in [1.82, 2.24) is 5.32 Å². The normalized spacial score (nSPS) is 13.6. The summed E-state index contributed by atoms with van der Waals surface area (Å²) in [7, 11) is 1.50. The Kier molecular flexibility index (Phi) is 7.60. The lowest BCUT2D eigenvalue weighted by Crippen LogP contribution is -2.42. The minimum atomic E-state index is -1.04. The van der Waals surface area contributed by atoms with Crippen molar-refractivity contribution in [2.45, 2.75) is 38.6 Å². The number of carboxylic acids is 1. The molecule has 0 bridgehead atoms. The van der Waals surface area contributed by atoms with E-state index in [9.17, 15) is 9.59 Å². The van der Waals surface area contributed by atoms with Crippen LogP contribution in [0.3, 0.4) is 0 Å². The smallest absolute Gasteiger partial charge is 0.326 e. The summed E-state index contributed by atoms with van der Waals surface area (Å²) < 4.78 is 4.88. The monoisotopic (exact) mass is 307 g/mol. The maximum atomic E-state index is 12.2. The third-order valence-corrected chi connectivity index (χ3v) is 3.68. The van der Waals surface area contributed by atoms with Crippen molar-refractivity contribution >= 4 is 11.9 Å². The number of hydrogen-bond acceptors (Lipinski definition) is 3. The van der Waals surface area contributed by atoms with Crippen molar-refractivity contribution in [1.29, 1.82) is 0 Å². The third-order valence-electron chi connectivity index (χ3n) is 3.68. The Labute approximate surface area is 131 Å². The molecule has 2 N–H and O–H groups in total. The Morgan fingerprint density at radius 2 is 1.86 bits per heavy atom. The van der Waals surface area contributed by atoms with Gasteiger partial charge in [-0.05, 0) is 17.4 Å². The minimum absolute atomic E-state index is 0.0677. The van der Waals surface area contributed by atoms with E-state index >= 15 is 0 Å². The summed E-state index contributed by atoms with van der Waals surface area (Å²) in [6.45, 7) is 4.42. The molecule has 0 saturated heterocycles. The van der Waals surface area contributed by atoms with Gasteiger partial charge in [-0.3, -0.25) is 4.79 Å². The van der Waals surface area contributed by atoms with Crippen LogP contribution in [0.1, 0.15) is 38.2 Å². The third kappa shape index (κ3) is 5.85. The number of carbonyl (C=O) groups is 2. The maximum Gasteiger partial charge on any atom is 0.326 e. The van der Waals surface area contributed by atoms with Crippen molar-refractivity contribution in [3.05, 3.63) is 35.9 Å². The van der Waals surface area contributed by atoms with Crippen LogP contribution in [0.15, 0.2) is 30.3 Å². The SMILES string of the molecule is COCCC(NC(=O)CC(c1ccccc1)C(C)C)C(=O)O. The second-order valence-corrected chi connectivity index (χ2v) is 5.71. The molecule has 22 heavy (non-hydrogen) atoms. The number of methoxy groups -OCH3 is 1. The van der Waals surface area contributed by atoms with Gasteiger partial charge in [0.15, 0.2) is 0 Å². The van der Waals surface area contributed by atoms with Crippen molar-refractivity contribution in [3.63, 3.8) is 0 Å². The van der Waals surface area contributed by atoms with Gasteiger partial charge in [-0.1, -0.05) is 44.2 Å². The highest BCUT2D eigenvalue weighted by Crippen LogP contribution is 2.27. The molecule has 1 amide bonds. The van der Waals surface area contributed by atoms with Gasteiger partial charge in [0.2, 0.25) is 5.91 Å². The molecule has 1 aromatic carbocycles. The highest BCUT2D eigenvalue weighted by Gasteiger charge is 2.24. The van der Waals surface area contributed by atoms with Crippen LogP contribution in [0, 0.1) is 5.92 Å². The summed E-state index contributed by atoms with van der Waals surface area (Å²) in [5.41, 5.74) is 1.09. The fraction of sp³-hybridized carbons (Fsp3) is 0.529. The van der Waals surface area contributed by atoms with E-state index in [4.69, 9.17) is 9.84 Å². The van der Waals surface area contributed by atoms with Gasteiger partial charge in [-0.2, -0.15) is 0 Å². The highest BCUT2D eigenvalue weighted by atomic mass is 16.5. The van der Waals surface area contributed by atoms with Gasteiger partial charge in [-0.25, -0.2) is 4.79 Å². The zero-order valence-corrected chi connectivity index (χ0v) is 13.4. The molecular weight excluding hydrogens is 282 g/mol. The number of aliphatic carboxylic acids is 1. The van der Waals surface area contributed by atoms with Gasteiger partial charge in [0.05, 0.1) is 0 Å². The molecule has 0 heterocycles. The zero-order chi connectivity index (χ0) is 16.5. The summed E-state index contributed by atoms with van der Waals surface area (Å²) in [4.78, 5) is 23.4. The molecule has 0 aliphatic carbocycles. The quantitative estimate of drug-likeness (QED) is 0.734. The van der Waals surface area contributed by atoms with Crippen LogP contribution in [-0.2, 0) is 14.3 Å². The van der Waals surface area contributed by atoms with Crippen LogP contribution in [0.5, 0.6) is 0 Å². The molecule has 5 nitrogen and oxygen atoms in total. The molecule has 0 aromatic heterocycles. The largest absolute Gasteiger partial charge is 0.480 e. The Hall–Kier alpha value is -1.88. The summed E-state index contributed by atoms with van der Waals surface area (Å²) >= 11 is 0. The number of ether oxygens (including phenoxy) is 1. The number of benzene rings is 1. The molecule has 2 atom stereocenters. The molecule has 5 heteroatoms. The lowest BCUT2D eigenvalue weighted by atomic mass is 9.85. The summed E-state index contributed by atoms with van der Waals surface area (Å²) in [6, 6.07) is 8.92. The Bertz CT molecular complexity index is 473. The van der Waals surface area contributed by atoms with Gasteiger partial charge in [0.1, 0.15) is 6.04 Å². The van der Waals surface area contributed by atoms with Crippen LogP contribution < -0.4 is 5.32 Å². The summed E-state index contributed by atoms with van der Waals surface area (Å²) in [5, 5.41) is 11.7. The van der Waals surface area contributed by atoms with Crippen molar-refractivity contribution in [2.75, 3.05) is 13.7 Å². The number of rotatable bonds is 9. The molecule has 0 saturated carbocycles. The first-order chi connectivity index (χ1) is 10.5. The first-order valence-electron chi connectivity index (χ1n) is 7.51. The standard InChI is InChI=1S/C17H25NO4/c1-12(2)14(13-7-5-4-6-8-13)11-16(19)18-15(17(20)21)9-10-22-3/h4-8,12,14-15H,9-11H2,1-3H3,(H,18,19)(H,20,21). The first kappa shape index (κ1) is 18.2. The lowest BCUT2D eigenvalue weighted by molar-refractivity contribution is -0.142. The second kappa shape index (κ2) is 9.20. The van der Waals surface area contributed by atoms with Gasteiger partial charge < -0.3 is 15.2 Å². The van der Waals surface area contributed by atoms with E-state index in [0.717, 1.165) is 5.56 Å². The fourth-order valence-electron chi connectivity index (χ4n) is 2.38. The predicted octanol–water partition coefficient (Wildman–Crippen LogP) is 2.42.